The van der Waals surface area contributed by atoms with Gasteiger partial charge in [-0.1, -0.05) is 29.3 Å². The average Bonchev–Trinajstić information content (AvgIpc) is 2.63. The summed E-state index contributed by atoms with van der Waals surface area (Å²) < 4.78 is 0. The Morgan fingerprint density at radius 3 is 2.65 bits per heavy atom. The van der Waals surface area contributed by atoms with Crippen molar-refractivity contribution in [2.45, 2.75) is 13.5 Å². The molecule has 0 bridgehead atoms. The molecule has 0 spiro atoms. The van der Waals surface area contributed by atoms with E-state index >= 15 is 0 Å². The molecule has 3 rings (SSSR count). The van der Waals surface area contributed by atoms with Gasteiger partial charge in [-0.3, -0.25) is 9.78 Å². The maximum Gasteiger partial charge on any atom is 0.270 e. The van der Waals surface area contributed by atoms with Crippen LogP contribution in [-0.4, -0.2) is 20.9 Å². The minimum Gasteiger partial charge on any atom is -0.345 e. The highest BCUT2D eigenvalue weighted by atomic mass is 35.5. The predicted octanol–water partition coefficient (Wildman–Crippen LogP) is 4.16. The molecule has 2 heterocycles. The van der Waals surface area contributed by atoms with Crippen LogP contribution in [0.4, 0.5) is 11.5 Å². The average molecular weight is 388 g/mol. The molecule has 0 fully saturated rings. The lowest BCUT2D eigenvalue weighted by Crippen LogP contribution is -2.24. The van der Waals surface area contributed by atoms with Crippen LogP contribution in [0.5, 0.6) is 0 Å². The topological polar surface area (TPSA) is 79.8 Å². The molecule has 0 unspecified atom stereocenters. The first kappa shape index (κ1) is 18.1. The van der Waals surface area contributed by atoms with E-state index in [1.807, 2.05) is 18.2 Å². The standard InChI is InChI=1S/C18H15Cl2N5O/c1-11-23-16(18(26)22-10-13-4-2-3-7-21-13)9-17(24-11)25-12-5-6-14(19)15(20)8-12/h2-9H,10H2,1H3,(H,22,26)(H,23,24,25). The molecule has 1 amide bonds. The number of carbonyl (C=O) groups is 1. The summed E-state index contributed by atoms with van der Waals surface area (Å²) in [5, 5.41) is 6.78. The number of hydrogen-bond acceptors (Lipinski definition) is 5. The number of aryl methyl sites for hydroxylation is 1. The highest BCUT2D eigenvalue weighted by Crippen LogP contribution is 2.26. The highest BCUT2D eigenvalue weighted by Gasteiger charge is 2.11. The number of aromatic nitrogens is 3. The molecule has 0 aliphatic heterocycles. The second-order valence-electron chi connectivity index (χ2n) is 5.44. The molecular formula is C18H15Cl2N5O. The van der Waals surface area contributed by atoms with Crippen molar-refractivity contribution in [1.82, 2.24) is 20.3 Å². The summed E-state index contributed by atoms with van der Waals surface area (Å²) in [7, 11) is 0. The number of nitrogens with zero attached hydrogens (tertiary/aromatic N) is 3. The monoisotopic (exact) mass is 387 g/mol. The zero-order valence-electron chi connectivity index (χ0n) is 13.8. The minimum atomic E-state index is -0.307. The Bertz CT molecular complexity index is 934. The molecule has 2 N–H and O–H groups in total. The lowest BCUT2D eigenvalue weighted by Gasteiger charge is -2.10. The highest BCUT2D eigenvalue weighted by molar-refractivity contribution is 6.42. The number of anilines is 2. The summed E-state index contributed by atoms with van der Waals surface area (Å²) in [6, 6.07) is 12.2. The zero-order chi connectivity index (χ0) is 18.5. The van der Waals surface area contributed by atoms with E-state index in [0.29, 0.717) is 33.9 Å². The first-order chi connectivity index (χ1) is 12.5. The van der Waals surface area contributed by atoms with E-state index in [1.54, 1.807) is 37.4 Å². The molecule has 0 aliphatic carbocycles. The number of halogens is 2. The lowest BCUT2D eigenvalue weighted by molar-refractivity contribution is 0.0945. The van der Waals surface area contributed by atoms with Gasteiger partial charge in [0.1, 0.15) is 17.3 Å². The molecule has 0 aliphatic rings. The van der Waals surface area contributed by atoms with E-state index in [1.165, 1.54) is 0 Å². The Balaban J connectivity index is 1.74. The molecular weight excluding hydrogens is 373 g/mol. The maximum absolute atomic E-state index is 12.4. The van der Waals surface area contributed by atoms with Crippen molar-refractivity contribution in [3.63, 3.8) is 0 Å². The molecule has 0 saturated heterocycles. The van der Waals surface area contributed by atoms with Crippen LogP contribution in [0.15, 0.2) is 48.7 Å². The van der Waals surface area contributed by atoms with E-state index in [0.717, 1.165) is 5.69 Å². The Morgan fingerprint density at radius 2 is 1.92 bits per heavy atom. The zero-order valence-corrected chi connectivity index (χ0v) is 15.3. The quantitative estimate of drug-likeness (QED) is 0.686. The van der Waals surface area contributed by atoms with Gasteiger partial charge in [-0.2, -0.15) is 0 Å². The van der Waals surface area contributed by atoms with E-state index in [2.05, 4.69) is 25.6 Å². The van der Waals surface area contributed by atoms with Gasteiger partial charge >= 0.3 is 0 Å². The van der Waals surface area contributed by atoms with Crippen LogP contribution in [0.3, 0.4) is 0 Å². The summed E-state index contributed by atoms with van der Waals surface area (Å²) in [6.07, 6.45) is 1.68. The van der Waals surface area contributed by atoms with Crippen LogP contribution in [0, 0.1) is 6.92 Å². The molecule has 0 saturated carbocycles. The van der Waals surface area contributed by atoms with Crippen molar-refractivity contribution in [3.8, 4) is 0 Å². The van der Waals surface area contributed by atoms with E-state index in [4.69, 9.17) is 23.2 Å². The van der Waals surface area contributed by atoms with Gasteiger partial charge in [0.05, 0.1) is 22.3 Å². The summed E-state index contributed by atoms with van der Waals surface area (Å²) in [6.45, 7) is 2.04. The summed E-state index contributed by atoms with van der Waals surface area (Å²) in [5.41, 5.74) is 1.73. The summed E-state index contributed by atoms with van der Waals surface area (Å²) in [4.78, 5) is 25.0. The Morgan fingerprint density at radius 1 is 1.08 bits per heavy atom. The van der Waals surface area contributed by atoms with Gasteiger partial charge in [0, 0.05) is 18.0 Å². The SMILES string of the molecule is Cc1nc(Nc2ccc(Cl)c(Cl)c2)cc(C(=O)NCc2ccccn2)n1. The van der Waals surface area contributed by atoms with Crippen LogP contribution >= 0.6 is 23.2 Å². The van der Waals surface area contributed by atoms with Crippen molar-refractivity contribution in [1.29, 1.82) is 0 Å². The number of rotatable bonds is 5. The van der Waals surface area contributed by atoms with Crippen molar-refractivity contribution in [2.24, 2.45) is 0 Å². The first-order valence-corrected chi connectivity index (χ1v) is 8.53. The maximum atomic E-state index is 12.4. The fourth-order valence-corrected chi connectivity index (χ4v) is 2.53. The van der Waals surface area contributed by atoms with Crippen LogP contribution < -0.4 is 10.6 Å². The van der Waals surface area contributed by atoms with Gasteiger partial charge in [-0.25, -0.2) is 9.97 Å². The third kappa shape index (κ3) is 4.68. The predicted molar refractivity (Wildman–Crippen MR) is 102 cm³/mol. The third-order valence-corrected chi connectivity index (χ3v) is 4.16. The number of benzene rings is 1. The van der Waals surface area contributed by atoms with Gasteiger partial charge in [-0.05, 0) is 37.3 Å². The number of nitrogens with one attached hydrogen (secondary N) is 2. The first-order valence-electron chi connectivity index (χ1n) is 7.77. The van der Waals surface area contributed by atoms with Gasteiger partial charge in [-0.15, -0.1) is 0 Å². The normalized spacial score (nSPS) is 10.4. The molecule has 132 valence electrons. The van der Waals surface area contributed by atoms with E-state index in [-0.39, 0.29) is 11.6 Å². The second kappa shape index (κ2) is 8.12. The van der Waals surface area contributed by atoms with Crippen molar-refractivity contribution in [3.05, 3.63) is 75.9 Å². The Hall–Kier alpha value is -2.70. The molecule has 3 aromatic rings. The van der Waals surface area contributed by atoms with E-state index < -0.39 is 0 Å². The van der Waals surface area contributed by atoms with Crippen molar-refractivity contribution < 1.29 is 4.79 Å². The van der Waals surface area contributed by atoms with Crippen LogP contribution in [0.2, 0.25) is 10.0 Å². The fraction of sp³-hybridized carbons (Fsp3) is 0.111. The molecule has 26 heavy (non-hydrogen) atoms. The Labute approximate surface area is 160 Å². The van der Waals surface area contributed by atoms with Gasteiger partial charge in [0.25, 0.3) is 5.91 Å². The second-order valence-corrected chi connectivity index (χ2v) is 6.26. The molecule has 6 nitrogen and oxygen atoms in total. The number of hydrogen-bond donors (Lipinski definition) is 2. The van der Waals surface area contributed by atoms with Gasteiger partial charge in [0.2, 0.25) is 0 Å². The van der Waals surface area contributed by atoms with Crippen LogP contribution in [0.25, 0.3) is 0 Å². The summed E-state index contributed by atoms with van der Waals surface area (Å²) in [5.74, 6) is 0.648. The number of amides is 1. The third-order valence-electron chi connectivity index (χ3n) is 3.42. The molecule has 2 aromatic heterocycles. The lowest BCUT2D eigenvalue weighted by atomic mass is 10.3. The van der Waals surface area contributed by atoms with Crippen molar-refractivity contribution >= 4 is 40.6 Å². The fourth-order valence-electron chi connectivity index (χ4n) is 2.23. The smallest absolute Gasteiger partial charge is 0.270 e. The van der Waals surface area contributed by atoms with Gasteiger partial charge < -0.3 is 10.6 Å². The molecule has 0 radical (unpaired) electrons. The van der Waals surface area contributed by atoms with E-state index in [9.17, 15) is 4.79 Å². The molecule has 8 heteroatoms. The molecule has 0 atom stereocenters. The number of carbonyl (C=O) groups excluding carboxylic acids is 1. The summed E-state index contributed by atoms with van der Waals surface area (Å²) >= 11 is 11.9. The molecule has 1 aromatic carbocycles. The minimum absolute atomic E-state index is 0.260. The van der Waals surface area contributed by atoms with Gasteiger partial charge in [0.15, 0.2) is 0 Å². The Kier molecular flexibility index (Phi) is 5.65. The van der Waals surface area contributed by atoms with Crippen molar-refractivity contribution in [2.75, 3.05) is 5.32 Å². The van der Waals surface area contributed by atoms with Crippen LogP contribution in [-0.2, 0) is 6.54 Å². The largest absolute Gasteiger partial charge is 0.345 e. The van der Waals surface area contributed by atoms with Crippen LogP contribution in [0.1, 0.15) is 22.0 Å². The number of pyridine rings is 1.